The molecule has 2 aromatic carbocycles. The Morgan fingerprint density at radius 1 is 1.08 bits per heavy atom. The van der Waals surface area contributed by atoms with Crippen molar-refractivity contribution in [2.75, 3.05) is 5.32 Å². The summed E-state index contributed by atoms with van der Waals surface area (Å²) in [6, 6.07) is 11.2. The highest BCUT2D eigenvalue weighted by Gasteiger charge is 2.33. The summed E-state index contributed by atoms with van der Waals surface area (Å²) in [7, 11) is 0. The summed E-state index contributed by atoms with van der Waals surface area (Å²) >= 11 is 5.55. The van der Waals surface area contributed by atoms with E-state index in [-0.39, 0.29) is 18.0 Å². The molecule has 0 fully saturated rings. The van der Waals surface area contributed by atoms with Crippen molar-refractivity contribution >= 4 is 23.2 Å². The molecular weight excluding hydrogens is 339 g/mol. The summed E-state index contributed by atoms with van der Waals surface area (Å²) in [6.07, 6.45) is -2.90. The van der Waals surface area contributed by atoms with Gasteiger partial charge in [0.05, 0.1) is 10.6 Å². The van der Waals surface area contributed by atoms with Crippen LogP contribution < -0.4 is 5.32 Å². The van der Waals surface area contributed by atoms with Crippen molar-refractivity contribution in [2.24, 2.45) is 0 Å². The van der Waals surface area contributed by atoms with Gasteiger partial charge in [0.1, 0.15) is 0 Å². The fourth-order valence-electron chi connectivity index (χ4n) is 2.24. The number of hydrogen-bond acceptors (Lipinski definition) is 1. The zero-order valence-corrected chi connectivity index (χ0v) is 13.8. The lowest BCUT2D eigenvalue weighted by Crippen LogP contribution is -2.14. The summed E-state index contributed by atoms with van der Waals surface area (Å²) in [6.45, 7) is 2.06. The lowest BCUT2D eigenvalue weighted by Gasteiger charge is -2.12. The largest absolute Gasteiger partial charge is 0.417 e. The van der Waals surface area contributed by atoms with Crippen LogP contribution in [0.4, 0.5) is 18.9 Å². The Kier molecular flexibility index (Phi) is 5.89. The minimum atomic E-state index is -4.56. The molecule has 0 atom stereocenters. The number of carbonyl (C=O) groups excluding carboxylic acids is 1. The Bertz CT molecular complexity index is 711. The first-order chi connectivity index (χ1) is 11.3. The maximum absolute atomic E-state index is 12.8. The number of hydrogen-bond donors (Lipinski definition) is 1. The van der Waals surface area contributed by atoms with E-state index in [0.29, 0.717) is 6.42 Å². The Morgan fingerprint density at radius 2 is 1.71 bits per heavy atom. The summed E-state index contributed by atoms with van der Waals surface area (Å²) in [5.74, 6) is -0.343. The normalized spacial score (nSPS) is 11.4. The number of amides is 1. The molecule has 24 heavy (non-hydrogen) atoms. The van der Waals surface area contributed by atoms with Gasteiger partial charge in [-0.05, 0) is 42.2 Å². The van der Waals surface area contributed by atoms with Gasteiger partial charge in [-0.3, -0.25) is 4.79 Å². The predicted molar refractivity (Wildman–Crippen MR) is 89.2 cm³/mol. The van der Waals surface area contributed by atoms with Crippen LogP contribution >= 0.6 is 11.6 Å². The van der Waals surface area contributed by atoms with Gasteiger partial charge >= 0.3 is 6.18 Å². The third-order valence-electron chi connectivity index (χ3n) is 3.63. The molecule has 2 nitrogen and oxygen atoms in total. The molecule has 1 N–H and O–H groups in total. The minimum Gasteiger partial charge on any atom is -0.326 e. The summed E-state index contributed by atoms with van der Waals surface area (Å²) < 4.78 is 38.4. The molecule has 1 amide bonds. The van der Waals surface area contributed by atoms with E-state index in [0.717, 1.165) is 24.1 Å². The van der Waals surface area contributed by atoms with Gasteiger partial charge in [-0.1, -0.05) is 42.8 Å². The molecule has 2 aromatic rings. The number of carbonyl (C=O) groups is 1. The van der Waals surface area contributed by atoms with E-state index in [1.807, 2.05) is 24.3 Å². The minimum absolute atomic E-state index is 0.0815. The van der Waals surface area contributed by atoms with Crippen LogP contribution in [0, 0.1) is 0 Å². The Balaban J connectivity index is 1.97. The van der Waals surface area contributed by atoms with E-state index in [1.54, 1.807) is 0 Å². The summed E-state index contributed by atoms with van der Waals surface area (Å²) in [5, 5.41) is 2.08. The number of halogens is 4. The smallest absolute Gasteiger partial charge is 0.326 e. The maximum Gasteiger partial charge on any atom is 0.417 e. The van der Waals surface area contributed by atoms with E-state index in [2.05, 4.69) is 12.2 Å². The number of alkyl halides is 3. The molecule has 0 heterocycles. The second kappa shape index (κ2) is 7.71. The SMILES string of the molecule is CCc1ccc(CCC(=O)Nc2ccc(Cl)c(C(F)(F)F)c2)cc1. The average molecular weight is 356 g/mol. The van der Waals surface area contributed by atoms with E-state index in [4.69, 9.17) is 11.6 Å². The standard InChI is InChI=1S/C18H17ClF3NO/c1-2-12-3-5-13(6-4-12)7-10-17(24)23-14-8-9-16(19)15(11-14)18(20,21)22/h3-6,8-9,11H,2,7,10H2,1H3,(H,23,24). The van der Waals surface area contributed by atoms with Crippen molar-refractivity contribution in [3.05, 3.63) is 64.2 Å². The van der Waals surface area contributed by atoms with Crippen molar-refractivity contribution in [3.63, 3.8) is 0 Å². The quantitative estimate of drug-likeness (QED) is 0.754. The number of benzene rings is 2. The number of nitrogens with one attached hydrogen (secondary N) is 1. The monoisotopic (exact) mass is 355 g/mol. The van der Waals surface area contributed by atoms with E-state index >= 15 is 0 Å². The first-order valence-corrected chi connectivity index (χ1v) is 7.92. The summed E-state index contributed by atoms with van der Waals surface area (Å²) in [5.41, 5.74) is 1.34. The second-order valence-corrected chi connectivity index (χ2v) is 5.82. The molecule has 0 aliphatic heterocycles. The van der Waals surface area contributed by atoms with Crippen molar-refractivity contribution in [3.8, 4) is 0 Å². The topological polar surface area (TPSA) is 29.1 Å². The van der Waals surface area contributed by atoms with E-state index in [1.165, 1.54) is 11.6 Å². The molecule has 6 heteroatoms. The van der Waals surface area contributed by atoms with Crippen molar-refractivity contribution in [1.29, 1.82) is 0 Å². The van der Waals surface area contributed by atoms with Gasteiger partial charge < -0.3 is 5.32 Å². The fraction of sp³-hybridized carbons (Fsp3) is 0.278. The third-order valence-corrected chi connectivity index (χ3v) is 3.96. The van der Waals surface area contributed by atoms with Gasteiger partial charge in [0.25, 0.3) is 0 Å². The van der Waals surface area contributed by atoms with Crippen LogP contribution in [0.25, 0.3) is 0 Å². The lowest BCUT2D eigenvalue weighted by molar-refractivity contribution is -0.137. The Hall–Kier alpha value is -2.01. The van der Waals surface area contributed by atoms with Crippen LogP contribution in [0.2, 0.25) is 5.02 Å². The molecular formula is C18H17ClF3NO. The van der Waals surface area contributed by atoms with Crippen LogP contribution in [0.3, 0.4) is 0 Å². The first kappa shape index (κ1) is 18.3. The Labute approximate surface area is 143 Å². The van der Waals surface area contributed by atoms with Crippen LogP contribution in [0.1, 0.15) is 30.0 Å². The zero-order valence-electron chi connectivity index (χ0n) is 13.1. The van der Waals surface area contributed by atoms with Gasteiger partial charge in [-0.25, -0.2) is 0 Å². The van der Waals surface area contributed by atoms with Crippen molar-refractivity contribution in [1.82, 2.24) is 0 Å². The average Bonchev–Trinajstić information content (AvgIpc) is 2.54. The maximum atomic E-state index is 12.8. The lowest BCUT2D eigenvalue weighted by atomic mass is 10.1. The molecule has 0 saturated heterocycles. The molecule has 0 spiro atoms. The Morgan fingerprint density at radius 3 is 2.29 bits per heavy atom. The van der Waals surface area contributed by atoms with Crippen LogP contribution in [0.5, 0.6) is 0 Å². The number of anilines is 1. The van der Waals surface area contributed by atoms with Gasteiger partial charge in [0, 0.05) is 12.1 Å². The zero-order chi connectivity index (χ0) is 17.7. The molecule has 0 aliphatic rings. The van der Waals surface area contributed by atoms with Crippen LogP contribution in [-0.2, 0) is 23.8 Å². The molecule has 0 unspecified atom stereocenters. The van der Waals surface area contributed by atoms with Crippen molar-refractivity contribution < 1.29 is 18.0 Å². The summed E-state index contributed by atoms with van der Waals surface area (Å²) in [4.78, 5) is 11.9. The fourth-order valence-corrected chi connectivity index (χ4v) is 2.47. The second-order valence-electron chi connectivity index (χ2n) is 5.41. The van der Waals surface area contributed by atoms with Gasteiger partial charge in [-0.15, -0.1) is 0 Å². The highest BCUT2D eigenvalue weighted by Crippen LogP contribution is 2.36. The molecule has 128 valence electrons. The molecule has 0 aliphatic carbocycles. The first-order valence-electron chi connectivity index (χ1n) is 7.54. The molecule has 0 bridgehead atoms. The molecule has 0 radical (unpaired) electrons. The van der Waals surface area contributed by atoms with Crippen molar-refractivity contribution in [2.45, 2.75) is 32.4 Å². The van der Waals surface area contributed by atoms with E-state index in [9.17, 15) is 18.0 Å². The highest BCUT2D eigenvalue weighted by atomic mass is 35.5. The number of rotatable bonds is 5. The molecule has 0 aromatic heterocycles. The third kappa shape index (κ3) is 4.99. The van der Waals surface area contributed by atoms with E-state index < -0.39 is 16.8 Å². The van der Waals surface area contributed by atoms with Gasteiger partial charge in [0.15, 0.2) is 0 Å². The van der Waals surface area contributed by atoms with Gasteiger partial charge in [-0.2, -0.15) is 13.2 Å². The van der Waals surface area contributed by atoms with Crippen LogP contribution in [-0.4, -0.2) is 5.91 Å². The number of aryl methyl sites for hydroxylation is 2. The highest BCUT2D eigenvalue weighted by molar-refractivity contribution is 6.31. The van der Waals surface area contributed by atoms with Crippen LogP contribution in [0.15, 0.2) is 42.5 Å². The van der Waals surface area contributed by atoms with Gasteiger partial charge in [0.2, 0.25) is 5.91 Å². The molecule has 0 saturated carbocycles. The predicted octanol–water partition coefficient (Wildman–Crippen LogP) is 5.49. The molecule has 2 rings (SSSR count).